The number of hydrazine groups is 1. The average molecular weight is 413 g/mol. The van der Waals surface area contributed by atoms with Gasteiger partial charge >= 0.3 is 0 Å². The Hall–Kier alpha value is -3.02. The van der Waals surface area contributed by atoms with E-state index in [0.29, 0.717) is 23.3 Å². The Morgan fingerprint density at radius 1 is 0.833 bits per heavy atom. The van der Waals surface area contributed by atoms with Crippen molar-refractivity contribution in [1.29, 1.82) is 0 Å². The molecule has 0 aliphatic carbocycles. The van der Waals surface area contributed by atoms with Crippen LogP contribution in [0.2, 0.25) is 0 Å². The number of carbonyl (C=O) groups excluding carboxylic acids is 2. The summed E-state index contributed by atoms with van der Waals surface area (Å²) in [6.45, 7) is 9.95. The van der Waals surface area contributed by atoms with Crippen LogP contribution in [0.15, 0.2) is 48.5 Å². The second-order valence-electron chi connectivity index (χ2n) is 7.69. The zero-order valence-corrected chi connectivity index (χ0v) is 18.4. The third-order valence-corrected chi connectivity index (χ3v) is 4.99. The molecule has 0 saturated carbocycles. The van der Waals surface area contributed by atoms with Crippen molar-refractivity contribution in [1.82, 2.24) is 10.9 Å². The first-order chi connectivity index (χ1) is 14.3. The Balaban J connectivity index is 1.73. The van der Waals surface area contributed by atoms with Crippen molar-refractivity contribution in [3.8, 4) is 11.5 Å². The standard InChI is InChI=1S/C24H32N2O4/c1-6-17(4)20-9-11-21(12-10-20)29-15-23(27)25-26-24(28)18(5)30-22-13-7-19(8-14-22)16(2)3/h7-14,16-18H,6,15H2,1-5H3,(H,25,27)(H,26,28). The van der Waals surface area contributed by atoms with Crippen LogP contribution in [-0.4, -0.2) is 24.5 Å². The molecule has 0 bridgehead atoms. The van der Waals surface area contributed by atoms with Crippen LogP contribution < -0.4 is 20.3 Å². The number of benzene rings is 2. The van der Waals surface area contributed by atoms with E-state index in [2.05, 4.69) is 38.5 Å². The van der Waals surface area contributed by atoms with E-state index in [1.165, 1.54) is 11.1 Å². The Labute approximate surface area is 178 Å². The molecule has 2 aromatic carbocycles. The zero-order valence-electron chi connectivity index (χ0n) is 18.4. The molecule has 0 aliphatic heterocycles. The molecule has 2 rings (SSSR count). The number of carbonyl (C=O) groups is 2. The molecular formula is C24H32N2O4. The maximum atomic E-state index is 12.1. The van der Waals surface area contributed by atoms with Gasteiger partial charge in [0.2, 0.25) is 0 Å². The molecule has 0 radical (unpaired) electrons. The van der Waals surface area contributed by atoms with Crippen LogP contribution in [0.1, 0.15) is 64.0 Å². The molecule has 2 amide bonds. The minimum atomic E-state index is -0.760. The predicted octanol–water partition coefficient (Wildman–Crippen LogP) is 4.32. The molecule has 2 unspecified atom stereocenters. The van der Waals surface area contributed by atoms with E-state index in [9.17, 15) is 9.59 Å². The highest BCUT2D eigenvalue weighted by Gasteiger charge is 2.16. The quantitative estimate of drug-likeness (QED) is 0.602. The fourth-order valence-corrected chi connectivity index (χ4v) is 2.74. The van der Waals surface area contributed by atoms with E-state index in [1.807, 2.05) is 48.5 Å². The van der Waals surface area contributed by atoms with E-state index in [1.54, 1.807) is 6.92 Å². The van der Waals surface area contributed by atoms with Gasteiger partial charge in [-0.2, -0.15) is 0 Å². The lowest BCUT2D eigenvalue weighted by molar-refractivity contribution is -0.133. The normalized spacial score (nSPS) is 12.7. The monoisotopic (exact) mass is 412 g/mol. The lowest BCUT2D eigenvalue weighted by Gasteiger charge is -2.16. The van der Waals surface area contributed by atoms with E-state index >= 15 is 0 Å². The van der Waals surface area contributed by atoms with Gasteiger partial charge < -0.3 is 9.47 Å². The SMILES string of the molecule is CCC(C)c1ccc(OCC(=O)NNC(=O)C(C)Oc2ccc(C(C)C)cc2)cc1. The van der Waals surface area contributed by atoms with Gasteiger partial charge in [0.05, 0.1) is 0 Å². The summed E-state index contributed by atoms with van der Waals surface area (Å²) >= 11 is 0. The van der Waals surface area contributed by atoms with E-state index in [0.717, 1.165) is 6.42 Å². The van der Waals surface area contributed by atoms with Crippen LogP contribution in [0.5, 0.6) is 11.5 Å². The minimum absolute atomic E-state index is 0.200. The molecule has 6 nitrogen and oxygen atoms in total. The third kappa shape index (κ3) is 7.10. The van der Waals surface area contributed by atoms with Crippen LogP contribution in [0.3, 0.4) is 0 Å². The number of rotatable bonds is 9. The van der Waals surface area contributed by atoms with Gasteiger partial charge in [0.15, 0.2) is 12.7 Å². The molecule has 0 aromatic heterocycles. The molecule has 0 heterocycles. The van der Waals surface area contributed by atoms with Crippen molar-refractivity contribution in [2.75, 3.05) is 6.61 Å². The van der Waals surface area contributed by atoms with Crippen LogP contribution in [0.25, 0.3) is 0 Å². The molecule has 0 spiro atoms. The van der Waals surface area contributed by atoms with Gasteiger partial charge in [-0.15, -0.1) is 0 Å². The Bertz CT molecular complexity index is 816. The topological polar surface area (TPSA) is 76.7 Å². The maximum Gasteiger partial charge on any atom is 0.279 e. The molecule has 6 heteroatoms. The first kappa shape index (κ1) is 23.3. The fourth-order valence-electron chi connectivity index (χ4n) is 2.74. The Morgan fingerprint density at radius 3 is 1.97 bits per heavy atom. The van der Waals surface area contributed by atoms with Crippen molar-refractivity contribution >= 4 is 11.8 Å². The van der Waals surface area contributed by atoms with E-state index in [4.69, 9.17) is 9.47 Å². The van der Waals surface area contributed by atoms with Gasteiger partial charge in [-0.05, 0) is 60.6 Å². The molecule has 162 valence electrons. The number of hydrogen-bond donors (Lipinski definition) is 2. The molecule has 2 aromatic rings. The van der Waals surface area contributed by atoms with Crippen LogP contribution in [0.4, 0.5) is 0 Å². The first-order valence-electron chi connectivity index (χ1n) is 10.4. The van der Waals surface area contributed by atoms with Gasteiger partial charge in [-0.1, -0.05) is 52.0 Å². The van der Waals surface area contributed by atoms with Gasteiger partial charge in [-0.3, -0.25) is 20.4 Å². The lowest BCUT2D eigenvalue weighted by atomic mass is 9.99. The summed E-state index contributed by atoms with van der Waals surface area (Å²) in [4.78, 5) is 24.1. The van der Waals surface area contributed by atoms with Gasteiger partial charge in [0, 0.05) is 0 Å². The second kappa shape index (κ2) is 11.2. The lowest BCUT2D eigenvalue weighted by Crippen LogP contribution is -2.48. The predicted molar refractivity (Wildman–Crippen MR) is 118 cm³/mol. The highest BCUT2D eigenvalue weighted by atomic mass is 16.5. The molecule has 2 atom stereocenters. The molecule has 30 heavy (non-hydrogen) atoms. The highest BCUT2D eigenvalue weighted by Crippen LogP contribution is 2.21. The van der Waals surface area contributed by atoms with Crippen molar-refractivity contribution in [3.63, 3.8) is 0 Å². The molecule has 0 fully saturated rings. The average Bonchev–Trinajstić information content (AvgIpc) is 2.76. The van der Waals surface area contributed by atoms with Crippen LogP contribution in [-0.2, 0) is 9.59 Å². The fraction of sp³-hybridized carbons (Fsp3) is 0.417. The van der Waals surface area contributed by atoms with Gasteiger partial charge in [0.1, 0.15) is 11.5 Å². The van der Waals surface area contributed by atoms with Crippen LogP contribution >= 0.6 is 0 Å². The smallest absolute Gasteiger partial charge is 0.279 e. The molecule has 0 saturated heterocycles. The summed E-state index contributed by atoms with van der Waals surface area (Å²) in [6.07, 6.45) is 0.303. The summed E-state index contributed by atoms with van der Waals surface area (Å²) in [6, 6.07) is 15.3. The third-order valence-electron chi connectivity index (χ3n) is 4.99. The highest BCUT2D eigenvalue weighted by molar-refractivity contribution is 5.85. The largest absolute Gasteiger partial charge is 0.484 e. The molecule has 2 N–H and O–H groups in total. The molecular weight excluding hydrogens is 380 g/mol. The summed E-state index contributed by atoms with van der Waals surface area (Å²) in [5.41, 5.74) is 7.12. The minimum Gasteiger partial charge on any atom is -0.484 e. The van der Waals surface area contributed by atoms with Crippen molar-refractivity contribution < 1.29 is 19.1 Å². The maximum absolute atomic E-state index is 12.1. The summed E-state index contributed by atoms with van der Waals surface area (Å²) in [5, 5.41) is 0. The number of hydrogen-bond acceptors (Lipinski definition) is 4. The Kier molecular flexibility index (Phi) is 8.71. The van der Waals surface area contributed by atoms with Gasteiger partial charge in [-0.25, -0.2) is 0 Å². The number of nitrogens with one attached hydrogen (secondary N) is 2. The van der Waals surface area contributed by atoms with Gasteiger partial charge in [0.25, 0.3) is 11.8 Å². The Morgan fingerprint density at radius 2 is 1.40 bits per heavy atom. The van der Waals surface area contributed by atoms with Crippen LogP contribution in [0, 0.1) is 0 Å². The summed E-state index contributed by atoms with van der Waals surface area (Å²) < 4.78 is 11.1. The molecule has 0 aliphatic rings. The number of ether oxygens (including phenoxy) is 2. The van der Waals surface area contributed by atoms with Crippen molar-refractivity contribution in [2.24, 2.45) is 0 Å². The number of amides is 2. The summed E-state index contributed by atoms with van der Waals surface area (Å²) in [7, 11) is 0. The van der Waals surface area contributed by atoms with Crippen molar-refractivity contribution in [3.05, 3.63) is 59.7 Å². The van der Waals surface area contributed by atoms with E-state index in [-0.39, 0.29) is 6.61 Å². The van der Waals surface area contributed by atoms with E-state index < -0.39 is 17.9 Å². The second-order valence-corrected chi connectivity index (χ2v) is 7.69. The zero-order chi connectivity index (χ0) is 22.1. The van der Waals surface area contributed by atoms with Crippen molar-refractivity contribution in [2.45, 2.75) is 59.0 Å². The first-order valence-corrected chi connectivity index (χ1v) is 10.4. The summed E-state index contributed by atoms with van der Waals surface area (Å²) in [5.74, 6) is 1.20.